The Hall–Kier alpha value is -3.27. The fraction of sp³-hybridized carbons (Fsp3) is 0.560. The standard InChI is InChI=1S/C25H26O10/c1-10(26)33-14-6-13-17-19(15(34-11(2)27)7-24(13,3)22(14)29)25(4)16(9-31-5)35-23(30)12-8-32-21(18(12)25)20(17)28/h8,13-16H,6-7,9H2,1-5H3/t13-,14+,15+,16+,24-,25-/m0/s1. The molecule has 0 unspecified atom stereocenters. The molecule has 0 radical (unpaired) electrons. The van der Waals surface area contributed by atoms with E-state index in [9.17, 15) is 24.0 Å². The Morgan fingerprint density at radius 1 is 1.09 bits per heavy atom. The second-order valence-corrected chi connectivity index (χ2v) is 10.0. The van der Waals surface area contributed by atoms with E-state index in [-0.39, 0.29) is 42.1 Å². The molecule has 0 aromatic carbocycles. The number of esters is 3. The first kappa shape index (κ1) is 23.5. The number of rotatable bonds is 4. The third-order valence-electron chi connectivity index (χ3n) is 8.01. The normalized spacial score (nSPS) is 35.2. The molecule has 0 bridgehead atoms. The van der Waals surface area contributed by atoms with Crippen LogP contribution in [0.2, 0.25) is 0 Å². The van der Waals surface area contributed by atoms with Gasteiger partial charge in [-0.3, -0.25) is 19.2 Å². The van der Waals surface area contributed by atoms with Crippen LogP contribution in [-0.2, 0) is 38.7 Å². The van der Waals surface area contributed by atoms with Crippen molar-refractivity contribution in [3.8, 4) is 0 Å². The molecule has 186 valence electrons. The lowest BCUT2D eigenvalue weighted by atomic mass is 9.54. The van der Waals surface area contributed by atoms with E-state index in [1.807, 2.05) is 6.92 Å². The Kier molecular flexibility index (Phi) is 5.11. The minimum atomic E-state index is -1.12. The van der Waals surface area contributed by atoms with Gasteiger partial charge in [0.05, 0.1) is 12.0 Å². The number of allylic oxidation sites excluding steroid dienone is 1. The molecule has 5 rings (SSSR count). The van der Waals surface area contributed by atoms with Gasteiger partial charge in [0, 0.05) is 49.8 Å². The number of cyclic esters (lactones) is 1. The summed E-state index contributed by atoms with van der Waals surface area (Å²) in [5.74, 6) is -3.25. The minimum Gasteiger partial charge on any atom is -0.460 e. The molecule has 2 heterocycles. The molecule has 0 saturated heterocycles. The van der Waals surface area contributed by atoms with Crippen molar-refractivity contribution in [2.24, 2.45) is 11.3 Å². The van der Waals surface area contributed by atoms with E-state index in [2.05, 4.69) is 0 Å². The van der Waals surface area contributed by atoms with Crippen molar-refractivity contribution in [2.75, 3.05) is 13.7 Å². The van der Waals surface area contributed by atoms with Crippen molar-refractivity contribution in [3.05, 3.63) is 34.3 Å². The van der Waals surface area contributed by atoms with Crippen LogP contribution in [0.1, 0.15) is 67.0 Å². The molecule has 1 aliphatic heterocycles. The number of hydrogen-bond donors (Lipinski definition) is 0. The molecule has 3 aliphatic carbocycles. The molecule has 0 spiro atoms. The molecule has 0 amide bonds. The Balaban J connectivity index is 1.78. The third kappa shape index (κ3) is 3.01. The molecule has 35 heavy (non-hydrogen) atoms. The molecule has 4 aliphatic rings. The lowest BCUT2D eigenvalue weighted by molar-refractivity contribution is -0.154. The largest absolute Gasteiger partial charge is 0.460 e. The summed E-state index contributed by atoms with van der Waals surface area (Å²) in [5, 5.41) is 0. The van der Waals surface area contributed by atoms with E-state index in [0.29, 0.717) is 11.1 Å². The van der Waals surface area contributed by atoms with Crippen LogP contribution < -0.4 is 0 Å². The van der Waals surface area contributed by atoms with Crippen molar-refractivity contribution in [1.29, 1.82) is 0 Å². The summed E-state index contributed by atoms with van der Waals surface area (Å²) < 4.78 is 27.7. The van der Waals surface area contributed by atoms with Crippen LogP contribution in [0.4, 0.5) is 0 Å². The molecule has 10 nitrogen and oxygen atoms in total. The maximum Gasteiger partial charge on any atom is 0.342 e. The van der Waals surface area contributed by atoms with Gasteiger partial charge in [-0.2, -0.15) is 0 Å². The Morgan fingerprint density at radius 2 is 1.74 bits per heavy atom. The fourth-order valence-electron chi connectivity index (χ4n) is 6.59. The molecule has 0 N–H and O–H groups in total. The average Bonchev–Trinajstić information content (AvgIpc) is 3.31. The van der Waals surface area contributed by atoms with Crippen LogP contribution in [0.3, 0.4) is 0 Å². The zero-order valence-electron chi connectivity index (χ0n) is 20.1. The van der Waals surface area contributed by atoms with Crippen LogP contribution in [0.25, 0.3) is 0 Å². The van der Waals surface area contributed by atoms with Crippen molar-refractivity contribution >= 4 is 29.5 Å². The lowest BCUT2D eigenvalue weighted by Crippen LogP contribution is -2.57. The van der Waals surface area contributed by atoms with E-state index in [1.54, 1.807) is 6.92 Å². The monoisotopic (exact) mass is 486 g/mol. The number of Topliss-reactive ketones (excluding diaryl/α,β-unsaturated/α-hetero) is 2. The number of ketones is 2. The number of carbonyl (C=O) groups is 5. The van der Waals surface area contributed by atoms with E-state index in [1.165, 1.54) is 27.2 Å². The van der Waals surface area contributed by atoms with Gasteiger partial charge in [0.1, 0.15) is 24.0 Å². The van der Waals surface area contributed by atoms with Gasteiger partial charge >= 0.3 is 17.9 Å². The summed E-state index contributed by atoms with van der Waals surface area (Å²) in [6, 6.07) is 0. The maximum atomic E-state index is 13.9. The van der Waals surface area contributed by atoms with Gasteiger partial charge < -0.3 is 23.4 Å². The van der Waals surface area contributed by atoms with Crippen molar-refractivity contribution in [1.82, 2.24) is 0 Å². The van der Waals surface area contributed by atoms with Crippen LogP contribution in [-0.4, -0.2) is 61.5 Å². The van der Waals surface area contributed by atoms with Crippen molar-refractivity contribution in [2.45, 2.75) is 64.3 Å². The number of carbonyl (C=O) groups excluding carboxylic acids is 5. The molecule has 1 saturated carbocycles. The summed E-state index contributed by atoms with van der Waals surface area (Å²) in [7, 11) is 1.47. The van der Waals surface area contributed by atoms with E-state index in [0.717, 1.165) is 0 Å². The highest BCUT2D eigenvalue weighted by molar-refractivity contribution is 6.14. The molecule has 1 aromatic heterocycles. The maximum absolute atomic E-state index is 13.9. The molecular weight excluding hydrogens is 460 g/mol. The summed E-state index contributed by atoms with van der Waals surface area (Å²) in [6.45, 7) is 6.00. The summed E-state index contributed by atoms with van der Waals surface area (Å²) in [6.07, 6.45) is -1.42. The van der Waals surface area contributed by atoms with Crippen LogP contribution >= 0.6 is 0 Å². The average molecular weight is 486 g/mol. The summed E-state index contributed by atoms with van der Waals surface area (Å²) in [5.41, 5.74) is -0.982. The Morgan fingerprint density at radius 3 is 2.37 bits per heavy atom. The van der Waals surface area contributed by atoms with Gasteiger partial charge in [0.15, 0.2) is 17.6 Å². The molecule has 6 atom stereocenters. The SMILES string of the molecule is COC[C@H]1OC(=O)c2coc3c2[C@@]1(C)C1=C(C3=O)[C@@H]2C[C@@H](OC(C)=O)C(=O)[C@@]2(C)C[C@H]1OC(C)=O. The van der Waals surface area contributed by atoms with Gasteiger partial charge in [-0.25, -0.2) is 4.79 Å². The number of fused-ring (bicyclic) bond motifs is 3. The summed E-state index contributed by atoms with van der Waals surface area (Å²) >= 11 is 0. The van der Waals surface area contributed by atoms with E-state index < -0.39 is 58.8 Å². The second-order valence-electron chi connectivity index (χ2n) is 10.0. The Labute approximate surface area is 200 Å². The Bertz CT molecular complexity index is 1220. The molecule has 1 fully saturated rings. The highest BCUT2D eigenvalue weighted by Gasteiger charge is 2.66. The van der Waals surface area contributed by atoms with Crippen LogP contribution in [0.15, 0.2) is 21.8 Å². The fourth-order valence-corrected chi connectivity index (χ4v) is 6.59. The smallest absolute Gasteiger partial charge is 0.342 e. The molecule has 1 aromatic rings. The predicted molar refractivity (Wildman–Crippen MR) is 115 cm³/mol. The number of ether oxygens (including phenoxy) is 4. The molecular formula is C25H26O10. The van der Waals surface area contributed by atoms with Crippen LogP contribution in [0, 0.1) is 11.3 Å². The van der Waals surface area contributed by atoms with Gasteiger partial charge in [-0.15, -0.1) is 0 Å². The topological polar surface area (TPSA) is 135 Å². The van der Waals surface area contributed by atoms with Gasteiger partial charge in [0.2, 0.25) is 5.78 Å². The van der Waals surface area contributed by atoms with Crippen molar-refractivity contribution in [3.63, 3.8) is 0 Å². The van der Waals surface area contributed by atoms with Gasteiger partial charge in [-0.05, 0) is 18.9 Å². The van der Waals surface area contributed by atoms with Gasteiger partial charge in [0.25, 0.3) is 0 Å². The zero-order chi connectivity index (χ0) is 25.4. The first-order valence-corrected chi connectivity index (χ1v) is 11.4. The van der Waals surface area contributed by atoms with Crippen molar-refractivity contribution < 1.29 is 47.3 Å². The highest BCUT2D eigenvalue weighted by Crippen LogP contribution is 2.61. The first-order chi connectivity index (χ1) is 16.4. The predicted octanol–water partition coefficient (Wildman–Crippen LogP) is 2.08. The minimum absolute atomic E-state index is 0.00628. The lowest BCUT2D eigenvalue weighted by Gasteiger charge is -2.51. The van der Waals surface area contributed by atoms with Gasteiger partial charge in [-0.1, -0.05) is 6.92 Å². The number of furan rings is 1. The third-order valence-corrected chi connectivity index (χ3v) is 8.01. The molecule has 10 heteroatoms. The quantitative estimate of drug-likeness (QED) is 0.460. The first-order valence-electron chi connectivity index (χ1n) is 11.4. The zero-order valence-corrected chi connectivity index (χ0v) is 20.1. The van der Waals surface area contributed by atoms with E-state index in [4.69, 9.17) is 23.4 Å². The second kappa shape index (κ2) is 7.61. The van der Waals surface area contributed by atoms with E-state index >= 15 is 0 Å². The highest BCUT2D eigenvalue weighted by atomic mass is 16.6. The number of hydrogen-bond acceptors (Lipinski definition) is 10. The van der Waals surface area contributed by atoms with Crippen LogP contribution in [0.5, 0.6) is 0 Å². The number of methoxy groups -OCH3 is 1. The summed E-state index contributed by atoms with van der Waals surface area (Å²) in [4.78, 5) is 63.9.